The molecule has 1 aliphatic heterocycles. The molecule has 0 aromatic heterocycles. The molecule has 1 fully saturated rings. The van der Waals surface area contributed by atoms with Gasteiger partial charge in [-0.1, -0.05) is 30.3 Å². The van der Waals surface area contributed by atoms with Gasteiger partial charge in [-0.25, -0.2) is 4.79 Å². The first-order chi connectivity index (χ1) is 16.6. The van der Waals surface area contributed by atoms with Crippen molar-refractivity contribution in [3.63, 3.8) is 0 Å². The third kappa shape index (κ3) is 5.36. The molecule has 0 radical (unpaired) electrons. The Morgan fingerprint density at radius 3 is 2.62 bits per heavy atom. The van der Waals surface area contributed by atoms with Crippen LogP contribution in [-0.4, -0.2) is 37.0 Å². The number of carbonyl (C=O) groups excluding carboxylic acids is 2. The highest BCUT2D eigenvalue weighted by atomic mass is 16.5. The van der Waals surface area contributed by atoms with Gasteiger partial charge in [0.25, 0.3) is 0 Å². The molecule has 4 rings (SSSR count). The molecule has 1 heterocycles. The standard InChI is InChI=1S/C27H26N4O3/c1-34-25-9-4-6-20(16-25)17-26(32)29-23-10-12-24(13-11-23)31-15-5-14-30(27(31)33)19-22-8-3-2-7-21(22)18-28/h2-4,6-13,16H,5,14-15,17,19H2,1H3,(H,29,32). The molecule has 0 unspecified atom stereocenters. The third-order valence-electron chi connectivity index (χ3n) is 5.77. The van der Waals surface area contributed by atoms with E-state index in [2.05, 4.69) is 11.4 Å². The van der Waals surface area contributed by atoms with Crippen LogP contribution in [0.1, 0.15) is 23.1 Å². The molecule has 7 heteroatoms. The summed E-state index contributed by atoms with van der Waals surface area (Å²) in [5.41, 5.74) is 3.73. The van der Waals surface area contributed by atoms with E-state index in [1.807, 2.05) is 54.6 Å². The molecule has 3 aromatic rings. The second-order valence-corrected chi connectivity index (χ2v) is 8.10. The van der Waals surface area contributed by atoms with E-state index < -0.39 is 0 Å². The van der Waals surface area contributed by atoms with Gasteiger partial charge in [0, 0.05) is 31.0 Å². The van der Waals surface area contributed by atoms with Crippen molar-refractivity contribution < 1.29 is 14.3 Å². The molecule has 172 valence electrons. The summed E-state index contributed by atoms with van der Waals surface area (Å²) in [4.78, 5) is 29.1. The first-order valence-electron chi connectivity index (χ1n) is 11.1. The fraction of sp³-hybridized carbons (Fsp3) is 0.222. The maximum Gasteiger partial charge on any atom is 0.324 e. The van der Waals surface area contributed by atoms with Crippen molar-refractivity contribution in [1.29, 1.82) is 5.26 Å². The molecule has 1 aliphatic rings. The van der Waals surface area contributed by atoms with E-state index in [0.29, 0.717) is 36.6 Å². The first kappa shape index (κ1) is 22.9. The van der Waals surface area contributed by atoms with Gasteiger partial charge in [0.15, 0.2) is 0 Å². The molecule has 0 aliphatic carbocycles. The minimum absolute atomic E-state index is 0.0891. The minimum atomic E-state index is -0.127. The summed E-state index contributed by atoms with van der Waals surface area (Å²) in [6.07, 6.45) is 1.07. The molecular formula is C27H26N4O3. The summed E-state index contributed by atoms with van der Waals surface area (Å²) in [6, 6.07) is 24.2. The van der Waals surface area contributed by atoms with Crippen LogP contribution in [0.5, 0.6) is 5.75 Å². The maximum atomic E-state index is 13.1. The number of carbonyl (C=O) groups is 2. The van der Waals surface area contributed by atoms with E-state index >= 15 is 0 Å². The van der Waals surface area contributed by atoms with Crippen molar-refractivity contribution in [3.05, 3.63) is 89.5 Å². The number of rotatable bonds is 7. The molecule has 0 atom stereocenters. The number of methoxy groups -OCH3 is 1. The molecule has 0 saturated carbocycles. The van der Waals surface area contributed by atoms with Gasteiger partial charge in [-0.15, -0.1) is 0 Å². The Morgan fingerprint density at radius 1 is 1.06 bits per heavy atom. The molecule has 7 nitrogen and oxygen atoms in total. The fourth-order valence-corrected chi connectivity index (χ4v) is 4.04. The van der Waals surface area contributed by atoms with E-state index in [4.69, 9.17) is 4.74 Å². The van der Waals surface area contributed by atoms with Crippen molar-refractivity contribution in [1.82, 2.24) is 4.90 Å². The fourth-order valence-electron chi connectivity index (χ4n) is 4.04. The van der Waals surface area contributed by atoms with E-state index in [1.54, 1.807) is 35.1 Å². The van der Waals surface area contributed by atoms with E-state index in [1.165, 1.54) is 0 Å². The highest BCUT2D eigenvalue weighted by Crippen LogP contribution is 2.24. The van der Waals surface area contributed by atoms with Crippen LogP contribution in [0, 0.1) is 11.3 Å². The molecule has 1 N–H and O–H groups in total. The van der Waals surface area contributed by atoms with E-state index in [9.17, 15) is 14.9 Å². The van der Waals surface area contributed by atoms with Crippen LogP contribution in [0.3, 0.4) is 0 Å². The van der Waals surface area contributed by atoms with Crippen LogP contribution >= 0.6 is 0 Å². The normalized spacial score (nSPS) is 13.4. The predicted octanol–water partition coefficient (Wildman–Crippen LogP) is 4.58. The minimum Gasteiger partial charge on any atom is -0.497 e. The zero-order valence-corrected chi connectivity index (χ0v) is 19.0. The molecule has 3 amide bonds. The molecule has 0 bridgehead atoms. The van der Waals surface area contributed by atoms with Crippen LogP contribution in [0.2, 0.25) is 0 Å². The first-order valence-corrected chi connectivity index (χ1v) is 11.1. The average molecular weight is 455 g/mol. The third-order valence-corrected chi connectivity index (χ3v) is 5.77. The van der Waals surface area contributed by atoms with Gasteiger partial charge in [0.05, 0.1) is 25.2 Å². The highest BCUT2D eigenvalue weighted by Gasteiger charge is 2.27. The van der Waals surface area contributed by atoms with Crippen molar-refractivity contribution in [3.8, 4) is 11.8 Å². The lowest BCUT2D eigenvalue weighted by atomic mass is 10.1. The molecule has 34 heavy (non-hydrogen) atoms. The van der Waals surface area contributed by atoms with Crippen LogP contribution in [-0.2, 0) is 17.8 Å². The SMILES string of the molecule is COc1cccc(CC(=O)Nc2ccc(N3CCCN(Cc4ccccc4C#N)C3=O)cc2)c1. The smallest absolute Gasteiger partial charge is 0.324 e. The quantitative estimate of drug-likeness (QED) is 0.566. The van der Waals surface area contributed by atoms with Crippen LogP contribution in [0.25, 0.3) is 0 Å². The zero-order valence-electron chi connectivity index (χ0n) is 19.0. The summed E-state index contributed by atoms with van der Waals surface area (Å²) in [5, 5.41) is 12.2. The average Bonchev–Trinajstić information content (AvgIpc) is 2.86. The topological polar surface area (TPSA) is 85.7 Å². The Labute approximate surface area is 199 Å². The number of hydrogen-bond acceptors (Lipinski definition) is 4. The van der Waals surface area contributed by atoms with Crippen molar-refractivity contribution in [2.45, 2.75) is 19.4 Å². The van der Waals surface area contributed by atoms with Crippen LogP contribution in [0.15, 0.2) is 72.8 Å². The van der Waals surface area contributed by atoms with Gasteiger partial charge in [0.2, 0.25) is 5.91 Å². The Balaban J connectivity index is 1.39. The molecule has 0 spiro atoms. The largest absolute Gasteiger partial charge is 0.497 e. The van der Waals surface area contributed by atoms with Crippen molar-refractivity contribution >= 4 is 23.3 Å². The number of anilines is 2. The van der Waals surface area contributed by atoms with E-state index in [0.717, 1.165) is 23.2 Å². The Kier molecular flexibility index (Phi) is 7.09. The molecule has 3 aromatic carbocycles. The lowest BCUT2D eigenvalue weighted by Gasteiger charge is -2.36. The van der Waals surface area contributed by atoms with Crippen LogP contribution in [0.4, 0.5) is 16.2 Å². The summed E-state index contributed by atoms with van der Waals surface area (Å²) < 4.78 is 5.20. The predicted molar refractivity (Wildman–Crippen MR) is 131 cm³/mol. The second-order valence-electron chi connectivity index (χ2n) is 8.10. The van der Waals surface area contributed by atoms with Crippen molar-refractivity contribution in [2.24, 2.45) is 0 Å². The molecular weight excluding hydrogens is 428 g/mol. The lowest BCUT2D eigenvalue weighted by molar-refractivity contribution is -0.115. The van der Waals surface area contributed by atoms with Gasteiger partial charge in [-0.3, -0.25) is 9.69 Å². The second kappa shape index (κ2) is 10.5. The number of urea groups is 1. The number of hydrogen-bond donors (Lipinski definition) is 1. The van der Waals surface area contributed by atoms with Crippen molar-refractivity contribution in [2.75, 3.05) is 30.4 Å². The van der Waals surface area contributed by atoms with Gasteiger partial charge in [-0.05, 0) is 60.0 Å². The maximum absolute atomic E-state index is 13.1. The number of ether oxygens (including phenoxy) is 1. The summed E-state index contributed by atoms with van der Waals surface area (Å²) in [5.74, 6) is 0.586. The molecule has 1 saturated heterocycles. The Hall–Kier alpha value is -4.31. The Morgan fingerprint density at radius 2 is 1.85 bits per heavy atom. The number of amides is 3. The van der Waals surface area contributed by atoms with Crippen LogP contribution < -0.4 is 15.0 Å². The summed E-state index contributed by atoms with van der Waals surface area (Å²) >= 11 is 0. The number of benzene rings is 3. The van der Waals surface area contributed by atoms with Gasteiger partial charge in [0.1, 0.15) is 5.75 Å². The number of nitrogens with one attached hydrogen (secondary N) is 1. The van der Waals surface area contributed by atoms with Gasteiger partial charge < -0.3 is 15.0 Å². The Bertz CT molecular complexity index is 1220. The number of nitriles is 1. The zero-order chi connectivity index (χ0) is 23.9. The monoisotopic (exact) mass is 454 g/mol. The van der Waals surface area contributed by atoms with Gasteiger partial charge in [-0.2, -0.15) is 5.26 Å². The highest BCUT2D eigenvalue weighted by molar-refractivity contribution is 5.94. The summed E-state index contributed by atoms with van der Waals surface area (Å²) in [7, 11) is 1.60. The lowest BCUT2D eigenvalue weighted by Crippen LogP contribution is -2.49. The summed E-state index contributed by atoms with van der Waals surface area (Å²) in [6.45, 7) is 1.67. The van der Waals surface area contributed by atoms with Gasteiger partial charge >= 0.3 is 6.03 Å². The number of nitrogens with zero attached hydrogens (tertiary/aromatic N) is 3. The van der Waals surface area contributed by atoms with E-state index in [-0.39, 0.29) is 18.4 Å².